The van der Waals surface area contributed by atoms with Crippen molar-refractivity contribution in [3.05, 3.63) is 64.5 Å². The predicted molar refractivity (Wildman–Crippen MR) is 120 cm³/mol. The van der Waals surface area contributed by atoms with Crippen LogP contribution in [0.4, 0.5) is 0 Å². The third-order valence-corrected chi connectivity index (χ3v) is 6.12. The van der Waals surface area contributed by atoms with Crippen LogP contribution in [0.15, 0.2) is 47.7 Å². The molecule has 1 unspecified atom stereocenters. The zero-order valence-electron chi connectivity index (χ0n) is 18.5. The molecule has 2 aromatic heterocycles. The molecule has 168 valence electrons. The van der Waals surface area contributed by atoms with Gasteiger partial charge in [-0.2, -0.15) is 0 Å². The first-order valence-corrected chi connectivity index (χ1v) is 11.0. The summed E-state index contributed by atoms with van der Waals surface area (Å²) in [5.41, 5.74) is 1.95. The lowest BCUT2D eigenvalue weighted by Gasteiger charge is -2.35. The Labute approximate surface area is 186 Å². The van der Waals surface area contributed by atoms with Crippen LogP contribution >= 0.6 is 0 Å². The summed E-state index contributed by atoms with van der Waals surface area (Å²) in [5, 5.41) is 0.484. The maximum atomic E-state index is 13.0. The largest absolute Gasteiger partial charge is 0.464 e. The van der Waals surface area contributed by atoms with E-state index < -0.39 is 5.97 Å². The molecular weight excluding hydrogens is 408 g/mol. The van der Waals surface area contributed by atoms with Gasteiger partial charge >= 0.3 is 5.97 Å². The van der Waals surface area contributed by atoms with Crippen LogP contribution in [0.25, 0.3) is 10.9 Å². The Morgan fingerprint density at radius 2 is 2.03 bits per heavy atom. The van der Waals surface area contributed by atoms with Crippen molar-refractivity contribution >= 4 is 22.8 Å². The summed E-state index contributed by atoms with van der Waals surface area (Å²) in [7, 11) is 1.86. The van der Waals surface area contributed by atoms with Crippen LogP contribution in [0, 0.1) is 6.92 Å². The highest BCUT2D eigenvalue weighted by Crippen LogP contribution is 2.22. The Morgan fingerprint density at radius 3 is 2.81 bits per heavy atom. The zero-order chi connectivity index (χ0) is 22.7. The number of aryl methyl sites for hydroxylation is 2. The van der Waals surface area contributed by atoms with E-state index in [2.05, 4.69) is 4.98 Å². The Balaban J connectivity index is 1.35. The molecule has 1 fully saturated rings. The second-order valence-electron chi connectivity index (χ2n) is 8.31. The number of piperidine rings is 1. The number of para-hydroxylation sites is 1. The van der Waals surface area contributed by atoms with Gasteiger partial charge in [-0.1, -0.05) is 12.1 Å². The minimum Gasteiger partial charge on any atom is -0.464 e. The van der Waals surface area contributed by atoms with E-state index in [1.54, 1.807) is 12.1 Å². The molecule has 3 heterocycles. The number of likely N-dealkylation sites (tertiary alicyclic amines) is 1. The fourth-order valence-corrected chi connectivity index (χ4v) is 4.34. The van der Waals surface area contributed by atoms with Crippen molar-refractivity contribution in [3.63, 3.8) is 0 Å². The average Bonchev–Trinajstić information content (AvgIpc) is 3.22. The van der Waals surface area contributed by atoms with Crippen LogP contribution in [-0.4, -0.2) is 50.1 Å². The maximum absolute atomic E-state index is 13.0. The molecule has 1 aliphatic rings. The molecule has 1 amide bonds. The minimum atomic E-state index is -0.489. The number of carbonyl (C=O) groups excluding carboxylic acids is 2. The molecule has 0 aliphatic carbocycles. The number of benzene rings is 1. The lowest BCUT2D eigenvalue weighted by Crippen LogP contribution is -2.44. The Morgan fingerprint density at radius 1 is 1.19 bits per heavy atom. The number of hydrogen-bond acceptors (Lipinski definition) is 5. The van der Waals surface area contributed by atoms with Crippen molar-refractivity contribution in [2.45, 2.75) is 45.2 Å². The number of hydrogen-bond donors (Lipinski definition) is 0. The van der Waals surface area contributed by atoms with Gasteiger partial charge in [-0.25, -0.2) is 4.98 Å². The van der Waals surface area contributed by atoms with Gasteiger partial charge in [0.1, 0.15) is 12.2 Å². The van der Waals surface area contributed by atoms with E-state index in [0.717, 1.165) is 24.8 Å². The molecule has 0 radical (unpaired) electrons. The van der Waals surface area contributed by atoms with Crippen LogP contribution in [0.5, 0.6) is 0 Å². The molecule has 4 rings (SSSR count). The van der Waals surface area contributed by atoms with E-state index in [-0.39, 0.29) is 30.7 Å². The molecule has 0 saturated carbocycles. The smallest absolute Gasteiger partial charge is 0.326 e. The van der Waals surface area contributed by atoms with Gasteiger partial charge in [-0.15, -0.1) is 0 Å². The topological polar surface area (TPSA) is 86.4 Å². The van der Waals surface area contributed by atoms with Crippen molar-refractivity contribution in [1.82, 2.24) is 19.0 Å². The SMILES string of the molecule is Cc1cccc2c(=O)n(CC(=O)OCCC3CCCCN3C(=O)c3cccn3C)cnc12. The fraction of sp³-hybridized carbons (Fsp3) is 0.417. The van der Waals surface area contributed by atoms with Crippen molar-refractivity contribution in [1.29, 1.82) is 0 Å². The molecule has 1 atom stereocenters. The van der Waals surface area contributed by atoms with Crippen LogP contribution < -0.4 is 5.56 Å². The number of fused-ring (bicyclic) bond motifs is 1. The monoisotopic (exact) mass is 436 g/mol. The Bertz CT molecular complexity index is 1200. The van der Waals surface area contributed by atoms with Gasteiger partial charge in [0.2, 0.25) is 0 Å². The van der Waals surface area contributed by atoms with Gasteiger partial charge in [0, 0.05) is 32.3 Å². The Hall–Kier alpha value is -3.42. The second-order valence-corrected chi connectivity index (χ2v) is 8.31. The quantitative estimate of drug-likeness (QED) is 0.555. The molecule has 1 aliphatic heterocycles. The lowest BCUT2D eigenvalue weighted by atomic mass is 9.99. The van der Waals surface area contributed by atoms with Crippen LogP contribution in [-0.2, 0) is 23.1 Å². The average molecular weight is 437 g/mol. The molecule has 8 nitrogen and oxygen atoms in total. The minimum absolute atomic E-state index is 0.0117. The second kappa shape index (κ2) is 9.38. The van der Waals surface area contributed by atoms with Crippen molar-refractivity contribution < 1.29 is 14.3 Å². The van der Waals surface area contributed by atoms with E-state index in [1.807, 2.05) is 47.8 Å². The predicted octanol–water partition coefficient (Wildman–Crippen LogP) is 2.67. The van der Waals surface area contributed by atoms with Gasteiger partial charge in [-0.3, -0.25) is 19.0 Å². The first-order chi connectivity index (χ1) is 15.5. The summed E-state index contributed by atoms with van der Waals surface area (Å²) in [5.74, 6) is -0.477. The number of esters is 1. The number of carbonyl (C=O) groups is 2. The molecule has 32 heavy (non-hydrogen) atoms. The summed E-state index contributed by atoms with van der Waals surface area (Å²) in [6, 6.07) is 9.12. The zero-order valence-corrected chi connectivity index (χ0v) is 18.5. The summed E-state index contributed by atoms with van der Waals surface area (Å²) in [4.78, 5) is 44.2. The third-order valence-electron chi connectivity index (χ3n) is 6.12. The standard InChI is InChI=1S/C24H28N4O4/c1-17-7-5-9-19-22(17)25-16-27(23(19)30)15-21(29)32-14-11-18-8-3-4-13-28(18)24(31)20-10-6-12-26(20)2/h5-7,9-10,12,16,18H,3-4,8,11,13-15H2,1-2H3. The fourth-order valence-electron chi connectivity index (χ4n) is 4.34. The van der Waals surface area contributed by atoms with Crippen molar-refractivity contribution in [3.8, 4) is 0 Å². The van der Waals surface area contributed by atoms with Crippen LogP contribution in [0.2, 0.25) is 0 Å². The van der Waals surface area contributed by atoms with E-state index in [4.69, 9.17) is 4.74 Å². The number of rotatable bonds is 6. The molecule has 1 aromatic carbocycles. The van der Waals surface area contributed by atoms with Crippen LogP contribution in [0.1, 0.15) is 41.7 Å². The molecule has 8 heteroatoms. The van der Waals surface area contributed by atoms with Gasteiger partial charge in [0.25, 0.3) is 11.5 Å². The molecule has 0 spiro atoms. The summed E-state index contributed by atoms with van der Waals surface area (Å²) >= 11 is 0. The molecule has 0 N–H and O–H groups in total. The number of ether oxygens (including phenoxy) is 1. The summed E-state index contributed by atoms with van der Waals surface area (Å²) < 4.78 is 8.51. The first-order valence-electron chi connectivity index (χ1n) is 11.0. The lowest BCUT2D eigenvalue weighted by molar-refractivity contribution is -0.144. The van der Waals surface area contributed by atoms with Crippen LogP contribution in [0.3, 0.4) is 0 Å². The number of nitrogens with zero attached hydrogens (tertiary/aromatic N) is 4. The van der Waals surface area contributed by atoms with E-state index >= 15 is 0 Å². The molecule has 0 bridgehead atoms. The molecule has 3 aromatic rings. The maximum Gasteiger partial charge on any atom is 0.326 e. The summed E-state index contributed by atoms with van der Waals surface area (Å²) in [6.45, 7) is 2.62. The molecule has 1 saturated heterocycles. The third kappa shape index (κ3) is 4.44. The first kappa shape index (κ1) is 21.8. The normalized spacial score (nSPS) is 16.3. The van der Waals surface area contributed by atoms with Crippen molar-refractivity contribution in [2.75, 3.05) is 13.2 Å². The van der Waals surface area contributed by atoms with E-state index in [9.17, 15) is 14.4 Å². The van der Waals surface area contributed by atoms with Gasteiger partial charge in [0.05, 0.1) is 23.8 Å². The Kier molecular flexibility index (Phi) is 6.39. The molecular formula is C24H28N4O4. The van der Waals surface area contributed by atoms with Gasteiger partial charge in [0.15, 0.2) is 0 Å². The van der Waals surface area contributed by atoms with E-state index in [0.29, 0.717) is 29.6 Å². The highest BCUT2D eigenvalue weighted by atomic mass is 16.5. The van der Waals surface area contributed by atoms with Gasteiger partial charge < -0.3 is 14.2 Å². The van der Waals surface area contributed by atoms with E-state index in [1.165, 1.54) is 10.9 Å². The highest BCUT2D eigenvalue weighted by Gasteiger charge is 2.28. The van der Waals surface area contributed by atoms with Gasteiger partial charge in [-0.05, 0) is 49.9 Å². The summed E-state index contributed by atoms with van der Waals surface area (Å²) in [6.07, 6.45) is 6.74. The highest BCUT2D eigenvalue weighted by molar-refractivity contribution is 5.93. The number of aromatic nitrogens is 3. The number of amides is 1. The van der Waals surface area contributed by atoms with Crippen molar-refractivity contribution in [2.24, 2.45) is 7.05 Å².